The molecule has 0 saturated carbocycles. The minimum Gasteiger partial charge on any atom is -0.494 e. The van der Waals surface area contributed by atoms with Crippen molar-refractivity contribution in [3.05, 3.63) is 39.9 Å². The molecule has 0 heterocycles. The normalized spacial score (nSPS) is 10.9. The summed E-state index contributed by atoms with van der Waals surface area (Å²) in [7, 11) is 7.14. The molecule has 0 saturated heterocycles. The minimum absolute atomic E-state index is 0.0677. The Morgan fingerprint density at radius 3 is 1.74 bits per heavy atom. The fourth-order valence-corrected chi connectivity index (χ4v) is 5.15. The topological polar surface area (TPSA) is 125 Å². The van der Waals surface area contributed by atoms with E-state index in [1.807, 2.05) is 0 Å². The van der Waals surface area contributed by atoms with Gasteiger partial charge in [0.15, 0.2) is 16.9 Å². The summed E-state index contributed by atoms with van der Waals surface area (Å²) >= 11 is 3.56. The van der Waals surface area contributed by atoms with E-state index in [0.717, 1.165) is 0 Å². The van der Waals surface area contributed by atoms with E-state index in [0.29, 0.717) is 46.5 Å². The van der Waals surface area contributed by atoms with E-state index in [9.17, 15) is 14.4 Å². The summed E-state index contributed by atoms with van der Waals surface area (Å²) in [5, 5.41) is 0. The lowest BCUT2D eigenvalue weighted by molar-refractivity contribution is -0.173. The fraction of sp³-hybridized carbons (Fsp3) is 0.500. The molecule has 0 bridgehead atoms. The molecule has 2 aromatic rings. The minimum atomic E-state index is -1.71. The van der Waals surface area contributed by atoms with Gasteiger partial charge < -0.3 is 37.9 Å². The highest BCUT2D eigenvalue weighted by Gasteiger charge is 2.50. The molecule has 2 rings (SSSR count). The Morgan fingerprint density at radius 1 is 0.738 bits per heavy atom. The number of methoxy groups -OCH3 is 5. The van der Waals surface area contributed by atoms with Crippen molar-refractivity contribution in [2.24, 2.45) is 5.41 Å². The van der Waals surface area contributed by atoms with Gasteiger partial charge in [-0.15, -0.1) is 0 Å². The van der Waals surface area contributed by atoms with Crippen LogP contribution >= 0.6 is 15.9 Å². The van der Waals surface area contributed by atoms with Crippen LogP contribution in [0.3, 0.4) is 0 Å². The first-order valence-electron chi connectivity index (χ1n) is 13.4. The molecule has 0 aliphatic carbocycles. The molecule has 232 valence electrons. The average Bonchev–Trinajstić information content (AvgIpc) is 3.00. The number of halogens is 1. The maximum atomic E-state index is 13.6. The Morgan fingerprint density at radius 2 is 1.26 bits per heavy atom. The fourth-order valence-electron chi connectivity index (χ4n) is 4.49. The van der Waals surface area contributed by atoms with Crippen molar-refractivity contribution < 1.29 is 52.3 Å². The molecule has 0 aromatic heterocycles. The number of hydrogen-bond donors (Lipinski definition) is 0. The number of hydrogen-bond acceptors (Lipinski definition) is 11. The largest absolute Gasteiger partial charge is 0.494 e. The van der Waals surface area contributed by atoms with Crippen LogP contribution in [-0.4, -0.2) is 73.3 Å². The number of carbonyl (C=O) groups excluding carboxylic acids is 3. The van der Waals surface area contributed by atoms with E-state index in [4.69, 9.17) is 37.9 Å². The summed E-state index contributed by atoms with van der Waals surface area (Å²) in [6, 6.07) is 6.55. The number of esters is 3. The quantitative estimate of drug-likeness (QED) is 0.0970. The highest BCUT2D eigenvalue weighted by atomic mass is 79.9. The predicted octanol–water partition coefficient (Wildman–Crippen LogP) is 5.17. The summed E-state index contributed by atoms with van der Waals surface area (Å²) < 4.78 is 44.2. The van der Waals surface area contributed by atoms with Crippen molar-refractivity contribution in [3.8, 4) is 28.7 Å². The van der Waals surface area contributed by atoms with Gasteiger partial charge in [-0.1, -0.05) is 0 Å². The molecular formula is C30H39BrO11. The Hall–Kier alpha value is -3.67. The molecule has 0 radical (unpaired) electrons. The van der Waals surface area contributed by atoms with Crippen LogP contribution < -0.4 is 23.7 Å². The van der Waals surface area contributed by atoms with E-state index in [1.54, 1.807) is 38.1 Å². The van der Waals surface area contributed by atoms with Gasteiger partial charge in [-0.25, -0.2) is 4.79 Å². The third-order valence-electron chi connectivity index (χ3n) is 6.53. The van der Waals surface area contributed by atoms with E-state index in [2.05, 4.69) is 15.9 Å². The average molecular weight is 656 g/mol. The van der Waals surface area contributed by atoms with Gasteiger partial charge in [0.1, 0.15) is 5.75 Å². The molecule has 0 spiro atoms. The Balaban J connectivity index is 2.42. The number of carbonyl (C=O) groups is 3. The highest BCUT2D eigenvalue weighted by Crippen LogP contribution is 2.53. The molecule has 11 nitrogen and oxygen atoms in total. The summed E-state index contributed by atoms with van der Waals surface area (Å²) in [6.07, 6.45) is 0.887. The van der Waals surface area contributed by atoms with Crippen molar-refractivity contribution in [1.29, 1.82) is 0 Å². The summed E-state index contributed by atoms with van der Waals surface area (Å²) in [4.78, 5) is 38.8. The summed E-state index contributed by atoms with van der Waals surface area (Å²) in [5.41, 5.74) is -0.865. The second-order valence-corrected chi connectivity index (χ2v) is 9.74. The van der Waals surface area contributed by atoms with Crippen molar-refractivity contribution in [3.63, 3.8) is 0 Å². The number of ether oxygens (including phenoxy) is 8. The van der Waals surface area contributed by atoms with Crippen LogP contribution in [0.25, 0.3) is 0 Å². The predicted molar refractivity (Wildman–Crippen MR) is 157 cm³/mol. The van der Waals surface area contributed by atoms with Gasteiger partial charge in [-0.3, -0.25) is 9.59 Å². The molecule has 0 N–H and O–H groups in total. The van der Waals surface area contributed by atoms with E-state index in [1.165, 1.54) is 35.5 Å². The number of unbranched alkanes of at least 4 members (excludes halogenated alkanes) is 1. The monoisotopic (exact) mass is 654 g/mol. The van der Waals surface area contributed by atoms with Crippen LogP contribution in [0.5, 0.6) is 28.7 Å². The smallest absolute Gasteiger partial charge is 0.337 e. The van der Waals surface area contributed by atoms with Gasteiger partial charge in [0.2, 0.25) is 11.5 Å². The Labute approximate surface area is 254 Å². The molecule has 0 amide bonds. The first-order valence-corrected chi connectivity index (χ1v) is 14.2. The molecule has 42 heavy (non-hydrogen) atoms. The first-order chi connectivity index (χ1) is 20.2. The maximum Gasteiger partial charge on any atom is 0.337 e. The lowest BCUT2D eigenvalue weighted by Crippen LogP contribution is -2.44. The van der Waals surface area contributed by atoms with Crippen molar-refractivity contribution in [1.82, 2.24) is 0 Å². The van der Waals surface area contributed by atoms with Crippen molar-refractivity contribution >= 4 is 33.8 Å². The van der Waals surface area contributed by atoms with Gasteiger partial charge in [0.25, 0.3) is 0 Å². The van der Waals surface area contributed by atoms with Crippen molar-refractivity contribution in [2.75, 3.05) is 55.4 Å². The lowest BCUT2D eigenvalue weighted by atomic mass is 9.76. The molecule has 2 aromatic carbocycles. The molecule has 0 atom stereocenters. The van der Waals surface area contributed by atoms with Gasteiger partial charge in [-0.05, 0) is 73.3 Å². The van der Waals surface area contributed by atoms with Crippen LogP contribution in [0.4, 0.5) is 0 Å². The Bertz CT molecular complexity index is 1190. The molecule has 0 unspecified atom stereocenters. The summed E-state index contributed by atoms with van der Waals surface area (Å²) in [6.45, 7) is 3.78. The molecular weight excluding hydrogens is 616 g/mol. The third-order valence-corrected chi connectivity index (χ3v) is 7.37. The van der Waals surface area contributed by atoms with Crippen LogP contribution in [0.1, 0.15) is 49.0 Å². The third kappa shape index (κ3) is 7.78. The SMILES string of the molecule is CCOC(=O)C(CCCCOc1ccc(C(=O)OC)cc1)(Cc1c(Br)c(OC)c(OC)c(OC)c1OC)C(=O)OCC. The van der Waals surface area contributed by atoms with Crippen LogP contribution in [0.15, 0.2) is 28.7 Å². The zero-order valence-electron chi connectivity index (χ0n) is 25.1. The van der Waals surface area contributed by atoms with E-state index in [-0.39, 0.29) is 43.3 Å². The van der Waals surface area contributed by atoms with E-state index < -0.39 is 23.3 Å². The van der Waals surface area contributed by atoms with Crippen LogP contribution in [0.2, 0.25) is 0 Å². The van der Waals surface area contributed by atoms with Gasteiger partial charge in [-0.2, -0.15) is 0 Å². The Kier molecular flexibility index (Phi) is 13.7. The maximum absolute atomic E-state index is 13.6. The van der Waals surface area contributed by atoms with E-state index >= 15 is 0 Å². The number of rotatable bonds is 17. The van der Waals surface area contributed by atoms with Gasteiger partial charge in [0, 0.05) is 12.0 Å². The van der Waals surface area contributed by atoms with Crippen LogP contribution in [-0.2, 0) is 30.2 Å². The van der Waals surface area contributed by atoms with Gasteiger partial charge >= 0.3 is 17.9 Å². The molecule has 0 fully saturated rings. The summed E-state index contributed by atoms with van der Waals surface area (Å²) in [5.74, 6) is -0.222. The second kappa shape index (κ2) is 16.7. The van der Waals surface area contributed by atoms with Gasteiger partial charge in [0.05, 0.1) is 65.4 Å². The first kappa shape index (κ1) is 34.5. The highest BCUT2D eigenvalue weighted by molar-refractivity contribution is 9.10. The van der Waals surface area contributed by atoms with Crippen LogP contribution in [0, 0.1) is 5.41 Å². The molecule has 12 heteroatoms. The standard InChI is InChI=1S/C30H39BrO11/c1-8-40-28(33)30(29(34)41-9-2,16-10-11-17-42-20-14-12-19(13-15-20)27(32)39-7)18-21-22(31)24(36-4)26(38-6)25(37-5)23(21)35-3/h12-15H,8-11,16-18H2,1-7H3. The molecule has 0 aliphatic rings. The zero-order chi connectivity index (χ0) is 31.3. The lowest BCUT2D eigenvalue weighted by Gasteiger charge is -2.31. The zero-order valence-corrected chi connectivity index (χ0v) is 26.7. The molecule has 0 aliphatic heterocycles. The second-order valence-electron chi connectivity index (χ2n) is 8.95. The number of benzene rings is 2. The van der Waals surface area contributed by atoms with Crippen molar-refractivity contribution in [2.45, 2.75) is 39.5 Å².